The van der Waals surface area contributed by atoms with Crippen molar-refractivity contribution in [1.29, 1.82) is 0 Å². The second-order valence-electron chi connectivity index (χ2n) is 5.34. The molecule has 0 bridgehead atoms. The number of thiazole rings is 1. The lowest BCUT2D eigenvalue weighted by atomic mass is 10.1. The van der Waals surface area contributed by atoms with Crippen molar-refractivity contribution in [3.05, 3.63) is 58.3 Å². The Morgan fingerprint density at radius 2 is 1.92 bits per heavy atom. The summed E-state index contributed by atoms with van der Waals surface area (Å²) in [6.07, 6.45) is 0. The molecule has 25 heavy (non-hydrogen) atoms. The van der Waals surface area contributed by atoms with Crippen LogP contribution in [0.1, 0.15) is 31.5 Å². The van der Waals surface area contributed by atoms with E-state index in [0.29, 0.717) is 32.6 Å². The molecule has 0 aliphatic heterocycles. The third kappa shape index (κ3) is 3.46. The van der Waals surface area contributed by atoms with Crippen molar-refractivity contribution in [2.75, 3.05) is 12.4 Å². The SMILES string of the molecule is COC(=O)c1ccccc1NC(=O)c1sc(-c2ccc(C)o2)nc1C. The molecule has 1 N–H and O–H groups in total. The van der Waals surface area contributed by atoms with Crippen molar-refractivity contribution < 1.29 is 18.7 Å². The Morgan fingerprint density at radius 1 is 1.16 bits per heavy atom. The van der Waals surface area contributed by atoms with E-state index in [4.69, 9.17) is 9.15 Å². The summed E-state index contributed by atoms with van der Waals surface area (Å²) in [5, 5.41) is 3.39. The van der Waals surface area contributed by atoms with Gasteiger partial charge in [-0.25, -0.2) is 9.78 Å². The van der Waals surface area contributed by atoms with Gasteiger partial charge in [0.2, 0.25) is 0 Å². The minimum absolute atomic E-state index is 0.294. The molecule has 0 radical (unpaired) electrons. The highest BCUT2D eigenvalue weighted by atomic mass is 32.1. The molecular weight excluding hydrogens is 340 g/mol. The maximum absolute atomic E-state index is 12.6. The van der Waals surface area contributed by atoms with Crippen LogP contribution in [0.15, 0.2) is 40.8 Å². The van der Waals surface area contributed by atoms with Gasteiger partial charge < -0.3 is 14.5 Å². The second kappa shape index (κ2) is 6.90. The highest BCUT2D eigenvalue weighted by Crippen LogP contribution is 2.30. The number of carbonyl (C=O) groups is 2. The molecule has 7 heteroatoms. The smallest absolute Gasteiger partial charge is 0.339 e. The zero-order valence-electron chi connectivity index (χ0n) is 14.0. The number of anilines is 1. The van der Waals surface area contributed by atoms with Crippen molar-refractivity contribution in [3.8, 4) is 10.8 Å². The van der Waals surface area contributed by atoms with Crippen LogP contribution < -0.4 is 5.32 Å². The zero-order chi connectivity index (χ0) is 18.0. The lowest BCUT2D eigenvalue weighted by Gasteiger charge is -2.08. The van der Waals surface area contributed by atoms with Crippen LogP contribution in [0.2, 0.25) is 0 Å². The zero-order valence-corrected chi connectivity index (χ0v) is 14.8. The number of aromatic nitrogens is 1. The first-order chi connectivity index (χ1) is 12.0. The predicted molar refractivity (Wildman–Crippen MR) is 95.0 cm³/mol. The summed E-state index contributed by atoms with van der Waals surface area (Å²) in [5.74, 6) is 0.560. The maximum atomic E-state index is 12.6. The molecular formula is C18H16N2O4S. The summed E-state index contributed by atoms with van der Waals surface area (Å²) in [4.78, 5) is 29.3. The van der Waals surface area contributed by atoms with Gasteiger partial charge in [-0.05, 0) is 38.1 Å². The fraction of sp³-hybridized carbons (Fsp3) is 0.167. The van der Waals surface area contributed by atoms with Crippen LogP contribution in [-0.2, 0) is 4.74 Å². The summed E-state index contributed by atoms with van der Waals surface area (Å²) in [6.45, 7) is 3.61. The maximum Gasteiger partial charge on any atom is 0.339 e. The van der Waals surface area contributed by atoms with Gasteiger partial charge in [-0.15, -0.1) is 11.3 Å². The van der Waals surface area contributed by atoms with Crippen LogP contribution in [-0.4, -0.2) is 24.0 Å². The second-order valence-corrected chi connectivity index (χ2v) is 6.33. The molecule has 0 saturated heterocycles. The summed E-state index contributed by atoms with van der Waals surface area (Å²) >= 11 is 1.24. The molecule has 1 amide bonds. The average Bonchev–Trinajstić information content (AvgIpc) is 3.20. The fourth-order valence-electron chi connectivity index (χ4n) is 2.32. The average molecular weight is 356 g/mol. The quantitative estimate of drug-likeness (QED) is 0.713. The summed E-state index contributed by atoms with van der Waals surface area (Å²) < 4.78 is 10.3. The van der Waals surface area contributed by atoms with Gasteiger partial charge in [0, 0.05) is 0 Å². The van der Waals surface area contributed by atoms with Gasteiger partial charge in [-0.3, -0.25) is 4.79 Å². The Morgan fingerprint density at radius 3 is 2.60 bits per heavy atom. The number of amides is 1. The van der Waals surface area contributed by atoms with E-state index >= 15 is 0 Å². The lowest BCUT2D eigenvalue weighted by molar-refractivity contribution is 0.0602. The molecule has 0 saturated carbocycles. The highest BCUT2D eigenvalue weighted by molar-refractivity contribution is 7.17. The van der Waals surface area contributed by atoms with E-state index in [-0.39, 0.29) is 5.91 Å². The lowest BCUT2D eigenvalue weighted by Crippen LogP contribution is -2.15. The Labute approximate surface area is 148 Å². The van der Waals surface area contributed by atoms with Crippen LogP contribution in [0.5, 0.6) is 0 Å². The van der Waals surface area contributed by atoms with E-state index in [2.05, 4.69) is 10.3 Å². The van der Waals surface area contributed by atoms with E-state index in [1.807, 2.05) is 19.1 Å². The predicted octanol–water partition coefficient (Wildman–Crippen LogP) is 4.06. The van der Waals surface area contributed by atoms with E-state index in [0.717, 1.165) is 5.76 Å². The largest absolute Gasteiger partial charge is 0.465 e. The number of carbonyl (C=O) groups excluding carboxylic acids is 2. The van der Waals surface area contributed by atoms with Crippen LogP contribution in [0, 0.1) is 13.8 Å². The number of benzene rings is 1. The van der Waals surface area contributed by atoms with Gasteiger partial charge >= 0.3 is 5.97 Å². The fourth-order valence-corrected chi connectivity index (χ4v) is 3.24. The minimum atomic E-state index is -0.510. The van der Waals surface area contributed by atoms with Crippen LogP contribution in [0.4, 0.5) is 5.69 Å². The van der Waals surface area contributed by atoms with Gasteiger partial charge in [0.25, 0.3) is 5.91 Å². The number of hydrogen-bond acceptors (Lipinski definition) is 6. The number of nitrogens with zero attached hydrogens (tertiary/aromatic N) is 1. The highest BCUT2D eigenvalue weighted by Gasteiger charge is 2.20. The molecule has 128 valence electrons. The normalized spacial score (nSPS) is 10.5. The van der Waals surface area contributed by atoms with Crippen molar-refractivity contribution >= 4 is 28.9 Å². The third-order valence-corrected chi connectivity index (χ3v) is 4.71. The molecule has 0 atom stereocenters. The number of furan rings is 1. The van der Waals surface area contributed by atoms with Gasteiger partial charge in [0.15, 0.2) is 10.8 Å². The Hall–Kier alpha value is -2.93. The minimum Gasteiger partial charge on any atom is -0.465 e. The summed E-state index contributed by atoms with van der Waals surface area (Å²) in [7, 11) is 1.30. The molecule has 1 aromatic carbocycles. The molecule has 0 spiro atoms. The Balaban J connectivity index is 1.88. The summed E-state index contributed by atoms with van der Waals surface area (Å²) in [5.41, 5.74) is 1.28. The van der Waals surface area contributed by atoms with Crippen molar-refractivity contribution in [2.24, 2.45) is 0 Å². The number of para-hydroxylation sites is 1. The van der Waals surface area contributed by atoms with E-state index in [1.54, 1.807) is 31.2 Å². The molecule has 3 aromatic rings. The standard InChI is InChI=1S/C18H16N2O4S/c1-10-8-9-14(24-10)17-19-11(2)15(25-17)16(21)20-13-7-5-4-6-12(13)18(22)23-3/h4-9H,1-3H3,(H,20,21). The first kappa shape index (κ1) is 16.9. The molecule has 6 nitrogen and oxygen atoms in total. The summed E-state index contributed by atoms with van der Waals surface area (Å²) in [6, 6.07) is 10.4. The van der Waals surface area contributed by atoms with Gasteiger partial charge in [0.05, 0.1) is 24.1 Å². The number of esters is 1. The first-order valence-corrected chi connectivity index (χ1v) is 8.34. The van der Waals surface area contributed by atoms with E-state index in [1.165, 1.54) is 18.4 Å². The number of ether oxygens (including phenoxy) is 1. The van der Waals surface area contributed by atoms with Crippen LogP contribution >= 0.6 is 11.3 Å². The number of methoxy groups -OCH3 is 1. The monoisotopic (exact) mass is 356 g/mol. The molecule has 3 rings (SSSR count). The number of rotatable bonds is 4. The van der Waals surface area contributed by atoms with Gasteiger partial charge in [-0.1, -0.05) is 12.1 Å². The molecule has 0 aliphatic carbocycles. The van der Waals surface area contributed by atoms with E-state index < -0.39 is 5.97 Å². The molecule has 0 unspecified atom stereocenters. The topological polar surface area (TPSA) is 81.4 Å². The third-order valence-electron chi connectivity index (χ3n) is 3.53. The van der Waals surface area contributed by atoms with Crippen LogP contribution in [0.3, 0.4) is 0 Å². The molecule has 0 fully saturated rings. The molecule has 2 heterocycles. The molecule has 0 aliphatic rings. The van der Waals surface area contributed by atoms with Crippen molar-refractivity contribution in [1.82, 2.24) is 4.98 Å². The van der Waals surface area contributed by atoms with Crippen LogP contribution in [0.25, 0.3) is 10.8 Å². The van der Waals surface area contributed by atoms with Crippen molar-refractivity contribution in [2.45, 2.75) is 13.8 Å². The number of aryl methyl sites for hydroxylation is 2. The van der Waals surface area contributed by atoms with Gasteiger partial charge in [0.1, 0.15) is 10.6 Å². The first-order valence-electron chi connectivity index (χ1n) is 7.52. The van der Waals surface area contributed by atoms with Gasteiger partial charge in [-0.2, -0.15) is 0 Å². The molecule has 2 aromatic heterocycles. The number of nitrogens with one attached hydrogen (secondary N) is 1. The number of hydrogen-bond donors (Lipinski definition) is 1. The van der Waals surface area contributed by atoms with E-state index in [9.17, 15) is 9.59 Å². The Kier molecular flexibility index (Phi) is 4.67. The van der Waals surface area contributed by atoms with Crippen molar-refractivity contribution in [3.63, 3.8) is 0 Å². The Bertz CT molecular complexity index is 942.